The number of benzene rings is 1. The Kier molecular flexibility index (Phi) is 11.5. The van der Waals surface area contributed by atoms with E-state index in [2.05, 4.69) is 33.7 Å². The van der Waals surface area contributed by atoms with Gasteiger partial charge in [-0.05, 0) is 51.7 Å². The first-order chi connectivity index (χ1) is 21.0. The SMILES string of the molecule is C=CCCSc1nc(-c2nnc(C(CCC=C)(OCc3ccccc3)C(F)(F)F)o2)c(NC(=O)OC(C)(C)C)cc1C(F)(F)F. The second-order valence-electron chi connectivity index (χ2n) is 10.6. The van der Waals surface area contributed by atoms with Crippen molar-refractivity contribution in [1.82, 2.24) is 15.2 Å². The van der Waals surface area contributed by atoms with E-state index < -0.39 is 76.4 Å². The lowest BCUT2D eigenvalue weighted by atomic mass is 9.96. The van der Waals surface area contributed by atoms with Crippen molar-refractivity contribution >= 4 is 23.5 Å². The molecule has 1 aromatic carbocycles. The third-order valence-corrected chi connectivity index (χ3v) is 6.97. The molecule has 0 spiro atoms. The molecule has 0 radical (unpaired) electrons. The normalized spacial score (nSPS) is 13.6. The predicted molar refractivity (Wildman–Crippen MR) is 156 cm³/mol. The zero-order valence-corrected chi connectivity index (χ0v) is 25.5. The van der Waals surface area contributed by atoms with Crippen molar-refractivity contribution in [1.29, 1.82) is 0 Å². The number of pyridine rings is 1. The van der Waals surface area contributed by atoms with Crippen LogP contribution in [-0.2, 0) is 27.9 Å². The lowest BCUT2D eigenvalue weighted by molar-refractivity contribution is -0.299. The highest BCUT2D eigenvalue weighted by molar-refractivity contribution is 7.99. The van der Waals surface area contributed by atoms with Gasteiger partial charge in [-0.3, -0.25) is 5.32 Å². The Labute approximate surface area is 260 Å². The molecular weight excluding hydrogens is 626 g/mol. The molecule has 0 aliphatic rings. The van der Waals surface area contributed by atoms with Gasteiger partial charge in [-0.15, -0.1) is 35.1 Å². The number of allylic oxidation sites excluding steroid dienone is 2. The van der Waals surface area contributed by atoms with Crippen molar-refractivity contribution in [2.45, 2.75) is 75.2 Å². The molecule has 8 nitrogen and oxygen atoms in total. The first-order valence-electron chi connectivity index (χ1n) is 13.6. The van der Waals surface area contributed by atoms with Gasteiger partial charge < -0.3 is 13.9 Å². The summed E-state index contributed by atoms with van der Waals surface area (Å²) in [6.45, 7) is 11.2. The summed E-state index contributed by atoms with van der Waals surface area (Å²) in [6, 6.07) is 8.67. The molecule has 0 saturated heterocycles. The van der Waals surface area contributed by atoms with Crippen LogP contribution in [0.2, 0.25) is 0 Å². The van der Waals surface area contributed by atoms with Gasteiger partial charge in [0.15, 0.2) is 5.69 Å². The van der Waals surface area contributed by atoms with Gasteiger partial charge in [0.2, 0.25) is 5.60 Å². The number of carbonyl (C=O) groups is 1. The van der Waals surface area contributed by atoms with Crippen molar-refractivity contribution in [2.24, 2.45) is 0 Å². The van der Waals surface area contributed by atoms with E-state index >= 15 is 0 Å². The standard InChI is InChI=1S/C30H32F6N4O4S/c1-6-8-15-28(30(34,35)36,42-18-19-13-11-10-12-14-19)25-40-39-23(43-25)22-21(37-26(41)44-27(3,4)5)17-20(29(31,32)33)24(38-22)45-16-9-7-2/h6-7,10-14,17H,1-2,8-9,15-16,18H2,3-5H3,(H,37,41). The minimum absolute atomic E-state index is 0.152. The second-order valence-corrected chi connectivity index (χ2v) is 11.7. The summed E-state index contributed by atoms with van der Waals surface area (Å²) in [7, 11) is 0. The maximum absolute atomic E-state index is 14.8. The Morgan fingerprint density at radius 2 is 1.69 bits per heavy atom. The van der Waals surface area contributed by atoms with Crippen LogP contribution in [0, 0.1) is 0 Å². The van der Waals surface area contributed by atoms with Crippen LogP contribution in [-0.4, -0.2) is 38.8 Å². The van der Waals surface area contributed by atoms with Gasteiger partial charge >= 0.3 is 18.4 Å². The summed E-state index contributed by atoms with van der Waals surface area (Å²) in [4.78, 5) is 16.6. The summed E-state index contributed by atoms with van der Waals surface area (Å²) in [6.07, 6.45) is -8.90. The Balaban J connectivity index is 2.20. The van der Waals surface area contributed by atoms with Gasteiger partial charge in [0.05, 0.1) is 17.9 Å². The number of hydrogen-bond acceptors (Lipinski definition) is 8. The van der Waals surface area contributed by atoms with Crippen molar-refractivity contribution < 1.29 is 45.0 Å². The van der Waals surface area contributed by atoms with E-state index in [1.165, 1.54) is 32.9 Å². The first kappa shape index (κ1) is 35.6. The lowest BCUT2D eigenvalue weighted by Crippen LogP contribution is -2.45. The molecular formula is C30H32F6N4O4S. The Morgan fingerprint density at radius 3 is 2.27 bits per heavy atom. The van der Waals surface area contributed by atoms with Crippen LogP contribution in [0.25, 0.3) is 11.6 Å². The zero-order chi connectivity index (χ0) is 33.5. The Hall–Kier alpha value is -3.85. The van der Waals surface area contributed by atoms with Gasteiger partial charge in [-0.25, -0.2) is 9.78 Å². The fourth-order valence-electron chi connectivity index (χ4n) is 3.87. The number of carbonyl (C=O) groups excluding carboxylic acids is 1. The highest BCUT2D eigenvalue weighted by Crippen LogP contribution is 2.47. The molecule has 2 heterocycles. The second kappa shape index (κ2) is 14.5. The maximum atomic E-state index is 14.8. The van der Waals surface area contributed by atoms with Crippen LogP contribution in [0.15, 0.2) is 71.2 Å². The van der Waals surface area contributed by atoms with E-state index in [1.807, 2.05) is 0 Å². The monoisotopic (exact) mass is 658 g/mol. The zero-order valence-electron chi connectivity index (χ0n) is 24.7. The highest BCUT2D eigenvalue weighted by Gasteiger charge is 2.61. The third kappa shape index (κ3) is 9.33. The molecule has 0 saturated carbocycles. The van der Waals surface area contributed by atoms with Crippen LogP contribution in [0.1, 0.15) is 57.1 Å². The number of nitrogens with one attached hydrogen (secondary N) is 1. The van der Waals surface area contributed by atoms with Crippen molar-refractivity contribution in [2.75, 3.05) is 11.1 Å². The highest BCUT2D eigenvalue weighted by atomic mass is 32.2. The molecule has 1 amide bonds. The minimum atomic E-state index is -5.08. The summed E-state index contributed by atoms with van der Waals surface area (Å²) >= 11 is 0.726. The summed E-state index contributed by atoms with van der Waals surface area (Å²) in [5, 5.41) is 9.01. The topological polar surface area (TPSA) is 99.4 Å². The largest absolute Gasteiger partial charge is 0.444 e. The predicted octanol–water partition coefficient (Wildman–Crippen LogP) is 9.11. The van der Waals surface area contributed by atoms with Crippen LogP contribution < -0.4 is 5.32 Å². The molecule has 0 aliphatic heterocycles. The molecule has 0 fully saturated rings. The number of anilines is 1. The Bertz CT molecular complexity index is 1470. The smallest absolute Gasteiger partial charge is 0.426 e. The fraction of sp³-hybridized carbons (Fsp3) is 0.400. The molecule has 244 valence electrons. The van der Waals surface area contributed by atoms with Gasteiger partial charge in [0.1, 0.15) is 10.6 Å². The lowest BCUT2D eigenvalue weighted by Gasteiger charge is -2.32. The molecule has 1 unspecified atom stereocenters. The summed E-state index contributed by atoms with van der Waals surface area (Å²) in [5.74, 6) is -1.54. The quantitative estimate of drug-likeness (QED) is 0.0841. The molecule has 45 heavy (non-hydrogen) atoms. The van der Waals surface area contributed by atoms with E-state index in [9.17, 15) is 31.1 Å². The minimum Gasteiger partial charge on any atom is -0.444 e. The van der Waals surface area contributed by atoms with E-state index in [1.54, 1.807) is 30.3 Å². The number of nitrogens with zero attached hydrogens (tertiary/aromatic N) is 3. The van der Waals surface area contributed by atoms with E-state index in [0.29, 0.717) is 18.1 Å². The van der Waals surface area contributed by atoms with Crippen LogP contribution in [0.5, 0.6) is 0 Å². The van der Waals surface area contributed by atoms with E-state index in [-0.39, 0.29) is 12.2 Å². The van der Waals surface area contributed by atoms with E-state index in [4.69, 9.17) is 13.9 Å². The molecule has 1 N–H and O–H groups in total. The van der Waals surface area contributed by atoms with Gasteiger partial charge in [-0.1, -0.05) is 42.5 Å². The molecule has 0 aliphatic carbocycles. The number of hydrogen-bond donors (Lipinski definition) is 1. The van der Waals surface area contributed by atoms with Crippen molar-refractivity contribution in [3.05, 3.63) is 78.7 Å². The van der Waals surface area contributed by atoms with Gasteiger partial charge in [0.25, 0.3) is 11.8 Å². The first-order valence-corrected chi connectivity index (χ1v) is 14.5. The average Bonchev–Trinajstić information content (AvgIpc) is 3.42. The number of thioether (sulfide) groups is 1. The molecule has 0 bridgehead atoms. The summed E-state index contributed by atoms with van der Waals surface area (Å²) in [5.41, 5.74) is -6.00. The Morgan fingerprint density at radius 1 is 1.02 bits per heavy atom. The molecule has 2 aromatic heterocycles. The number of amides is 1. The van der Waals surface area contributed by atoms with Crippen LogP contribution in [0.3, 0.4) is 0 Å². The van der Waals surface area contributed by atoms with Crippen LogP contribution >= 0.6 is 11.8 Å². The van der Waals surface area contributed by atoms with Gasteiger partial charge in [-0.2, -0.15) is 26.3 Å². The average molecular weight is 659 g/mol. The third-order valence-electron chi connectivity index (χ3n) is 5.95. The number of aromatic nitrogens is 3. The molecule has 3 rings (SSSR count). The summed E-state index contributed by atoms with van der Waals surface area (Å²) < 4.78 is 103. The molecule has 15 heteroatoms. The number of halogens is 6. The van der Waals surface area contributed by atoms with Gasteiger partial charge in [0, 0.05) is 5.75 Å². The molecule has 1 atom stereocenters. The van der Waals surface area contributed by atoms with E-state index in [0.717, 1.165) is 11.8 Å². The maximum Gasteiger partial charge on any atom is 0.426 e. The van der Waals surface area contributed by atoms with Crippen molar-refractivity contribution in [3.8, 4) is 11.6 Å². The van der Waals surface area contributed by atoms with Crippen LogP contribution in [0.4, 0.5) is 36.8 Å². The van der Waals surface area contributed by atoms with Crippen molar-refractivity contribution in [3.63, 3.8) is 0 Å². The fourth-order valence-corrected chi connectivity index (χ4v) is 4.84. The number of ether oxygens (including phenoxy) is 2. The number of alkyl halides is 6. The number of rotatable bonds is 13. The molecule has 3 aromatic rings.